The largest absolute Gasteiger partial charge is 0.481 e. The van der Waals surface area contributed by atoms with Crippen molar-refractivity contribution in [3.05, 3.63) is 38.9 Å². The number of aliphatic carboxylic acids is 1. The summed E-state index contributed by atoms with van der Waals surface area (Å²) in [5.41, 5.74) is 0.447. The monoisotopic (exact) mass is 354 g/mol. The van der Waals surface area contributed by atoms with Crippen LogP contribution >= 0.6 is 11.6 Å². The summed E-state index contributed by atoms with van der Waals surface area (Å²) in [5, 5.41) is 19.7. The second-order valence-electron chi connectivity index (χ2n) is 5.99. The molecule has 0 aromatic heterocycles. The van der Waals surface area contributed by atoms with Crippen LogP contribution in [-0.4, -0.2) is 39.9 Å². The van der Waals surface area contributed by atoms with Gasteiger partial charge in [-0.25, -0.2) is 0 Å². The van der Waals surface area contributed by atoms with E-state index in [9.17, 15) is 19.7 Å². The van der Waals surface area contributed by atoms with Gasteiger partial charge in [0.05, 0.1) is 16.4 Å². The first-order chi connectivity index (χ1) is 11.4. The third kappa shape index (κ3) is 4.92. The molecule has 0 spiro atoms. The molecule has 1 aliphatic rings. The molecule has 0 radical (unpaired) electrons. The Morgan fingerprint density at radius 2 is 2.17 bits per heavy atom. The third-order valence-electron chi connectivity index (χ3n) is 4.23. The minimum absolute atomic E-state index is 0.0858. The maximum Gasteiger partial charge on any atom is 0.303 e. The zero-order chi connectivity index (χ0) is 17.7. The SMILES string of the molecule is O=C(O)CCC1CCCN(C(=O)Cc2ccc([N+](=O)[O-])cc2Cl)C1. The van der Waals surface area contributed by atoms with Crippen LogP contribution in [0.25, 0.3) is 0 Å². The highest BCUT2D eigenvalue weighted by Crippen LogP contribution is 2.25. The number of rotatable bonds is 6. The number of nitrogens with zero attached hydrogens (tertiary/aromatic N) is 2. The van der Waals surface area contributed by atoms with Gasteiger partial charge in [-0.05, 0) is 30.7 Å². The molecular formula is C16H19ClN2O5. The lowest BCUT2D eigenvalue weighted by atomic mass is 9.93. The standard InChI is InChI=1S/C16H19ClN2O5/c17-14-9-13(19(23)24)5-4-12(14)8-15(20)18-7-1-2-11(10-18)3-6-16(21)22/h4-5,9,11H,1-3,6-8,10H2,(H,21,22). The van der Waals surface area contributed by atoms with Crippen molar-refractivity contribution >= 4 is 29.2 Å². The van der Waals surface area contributed by atoms with Gasteiger partial charge >= 0.3 is 5.97 Å². The van der Waals surface area contributed by atoms with Crippen molar-refractivity contribution in [2.45, 2.75) is 32.1 Å². The van der Waals surface area contributed by atoms with Gasteiger partial charge in [-0.15, -0.1) is 0 Å². The lowest BCUT2D eigenvalue weighted by Gasteiger charge is -2.32. The molecule has 1 atom stereocenters. The average Bonchev–Trinajstić information content (AvgIpc) is 2.54. The van der Waals surface area contributed by atoms with Crippen LogP contribution in [0.15, 0.2) is 18.2 Å². The number of hydrogen-bond donors (Lipinski definition) is 1. The second kappa shape index (κ2) is 8.10. The molecule has 0 bridgehead atoms. The summed E-state index contributed by atoms with van der Waals surface area (Å²) < 4.78 is 0. The zero-order valence-corrected chi connectivity index (χ0v) is 13.9. The molecule has 1 amide bonds. The molecule has 8 heteroatoms. The number of carboxylic acid groups (broad SMARTS) is 1. The van der Waals surface area contributed by atoms with E-state index in [1.807, 2.05) is 0 Å². The van der Waals surface area contributed by atoms with Crippen molar-refractivity contribution in [2.24, 2.45) is 5.92 Å². The van der Waals surface area contributed by atoms with E-state index in [4.69, 9.17) is 16.7 Å². The Bertz CT molecular complexity index is 649. The number of non-ortho nitro benzene ring substituents is 1. The van der Waals surface area contributed by atoms with E-state index >= 15 is 0 Å². The fourth-order valence-electron chi connectivity index (χ4n) is 2.92. The van der Waals surface area contributed by atoms with Gasteiger partial charge in [0.1, 0.15) is 0 Å². The highest BCUT2D eigenvalue weighted by Gasteiger charge is 2.24. The van der Waals surface area contributed by atoms with E-state index in [-0.39, 0.29) is 35.4 Å². The van der Waals surface area contributed by atoms with E-state index in [0.29, 0.717) is 25.1 Å². The molecule has 1 heterocycles. The van der Waals surface area contributed by atoms with Crippen LogP contribution in [0.4, 0.5) is 5.69 Å². The molecule has 24 heavy (non-hydrogen) atoms. The summed E-state index contributed by atoms with van der Waals surface area (Å²) in [6.07, 6.45) is 2.54. The number of carbonyl (C=O) groups is 2. The van der Waals surface area contributed by atoms with Crippen LogP contribution in [0.3, 0.4) is 0 Å². The zero-order valence-electron chi connectivity index (χ0n) is 13.1. The van der Waals surface area contributed by atoms with E-state index < -0.39 is 10.9 Å². The predicted octanol–water partition coefficient (Wildman–Crippen LogP) is 2.89. The molecule has 1 N–H and O–H groups in total. The Balaban J connectivity index is 1.96. The van der Waals surface area contributed by atoms with Gasteiger partial charge in [-0.2, -0.15) is 0 Å². The van der Waals surface area contributed by atoms with Crippen molar-refractivity contribution in [2.75, 3.05) is 13.1 Å². The number of hydrogen-bond acceptors (Lipinski definition) is 4. The summed E-state index contributed by atoms with van der Waals surface area (Å²) in [6.45, 7) is 1.20. The van der Waals surface area contributed by atoms with Gasteiger partial charge in [0, 0.05) is 31.6 Å². The summed E-state index contributed by atoms with van der Waals surface area (Å²) in [5.74, 6) is -0.715. The molecule has 7 nitrogen and oxygen atoms in total. The van der Waals surface area contributed by atoms with Crippen molar-refractivity contribution in [1.29, 1.82) is 0 Å². The molecule has 2 rings (SSSR count). The van der Waals surface area contributed by atoms with Crippen LogP contribution in [0.1, 0.15) is 31.2 Å². The molecule has 0 aliphatic carbocycles. The molecule has 1 fully saturated rings. The Morgan fingerprint density at radius 3 is 2.79 bits per heavy atom. The molecular weight excluding hydrogens is 336 g/mol. The summed E-state index contributed by atoms with van der Waals surface area (Å²) in [7, 11) is 0. The molecule has 1 unspecified atom stereocenters. The van der Waals surface area contributed by atoms with Crippen molar-refractivity contribution < 1.29 is 19.6 Å². The van der Waals surface area contributed by atoms with Crippen molar-refractivity contribution in [3.63, 3.8) is 0 Å². The maximum absolute atomic E-state index is 12.4. The number of carboxylic acids is 1. The Hall–Kier alpha value is -2.15. The highest BCUT2D eigenvalue weighted by atomic mass is 35.5. The van der Waals surface area contributed by atoms with Crippen LogP contribution in [0.5, 0.6) is 0 Å². The van der Waals surface area contributed by atoms with Gasteiger partial charge in [0.2, 0.25) is 5.91 Å². The number of nitro benzene ring substituents is 1. The Kier molecular flexibility index (Phi) is 6.14. The average molecular weight is 355 g/mol. The second-order valence-corrected chi connectivity index (χ2v) is 6.40. The fraction of sp³-hybridized carbons (Fsp3) is 0.500. The van der Waals surface area contributed by atoms with Gasteiger partial charge in [-0.3, -0.25) is 19.7 Å². The topological polar surface area (TPSA) is 101 Å². The lowest BCUT2D eigenvalue weighted by molar-refractivity contribution is -0.384. The van der Waals surface area contributed by atoms with Crippen molar-refractivity contribution in [1.82, 2.24) is 4.90 Å². The van der Waals surface area contributed by atoms with Crippen LogP contribution in [0, 0.1) is 16.0 Å². The molecule has 130 valence electrons. The first-order valence-corrected chi connectivity index (χ1v) is 8.17. The fourth-order valence-corrected chi connectivity index (χ4v) is 3.16. The minimum Gasteiger partial charge on any atom is -0.481 e. The third-order valence-corrected chi connectivity index (χ3v) is 4.58. The number of benzene rings is 1. The summed E-state index contributed by atoms with van der Waals surface area (Å²) in [4.78, 5) is 35.0. The number of amides is 1. The lowest BCUT2D eigenvalue weighted by Crippen LogP contribution is -2.40. The van der Waals surface area contributed by atoms with E-state index in [1.165, 1.54) is 18.2 Å². The number of likely N-dealkylation sites (tertiary alicyclic amines) is 1. The van der Waals surface area contributed by atoms with Gasteiger partial charge in [0.25, 0.3) is 5.69 Å². The first kappa shape index (κ1) is 18.2. The molecule has 1 aromatic carbocycles. The minimum atomic E-state index is -0.823. The van der Waals surface area contributed by atoms with E-state index in [1.54, 1.807) is 4.90 Å². The normalized spacial score (nSPS) is 17.5. The first-order valence-electron chi connectivity index (χ1n) is 7.79. The molecule has 0 saturated carbocycles. The van der Waals surface area contributed by atoms with Crippen LogP contribution in [0.2, 0.25) is 5.02 Å². The number of halogens is 1. The molecule has 1 aliphatic heterocycles. The Labute approximate surface area is 144 Å². The smallest absolute Gasteiger partial charge is 0.303 e. The van der Waals surface area contributed by atoms with E-state index in [2.05, 4.69) is 0 Å². The number of carbonyl (C=O) groups excluding carboxylic acids is 1. The maximum atomic E-state index is 12.4. The highest BCUT2D eigenvalue weighted by molar-refractivity contribution is 6.31. The quantitative estimate of drug-likeness (QED) is 0.625. The van der Waals surface area contributed by atoms with Crippen molar-refractivity contribution in [3.8, 4) is 0 Å². The molecule has 1 saturated heterocycles. The van der Waals surface area contributed by atoms with Crippen LogP contribution < -0.4 is 0 Å². The number of nitro groups is 1. The summed E-state index contributed by atoms with van der Waals surface area (Å²) in [6, 6.07) is 4.08. The Morgan fingerprint density at radius 1 is 1.42 bits per heavy atom. The molecule has 1 aromatic rings. The van der Waals surface area contributed by atoms with Gasteiger partial charge in [0.15, 0.2) is 0 Å². The van der Waals surface area contributed by atoms with Gasteiger partial charge < -0.3 is 10.0 Å². The number of piperidine rings is 1. The van der Waals surface area contributed by atoms with Crippen LogP contribution in [-0.2, 0) is 16.0 Å². The van der Waals surface area contributed by atoms with E-state index in [0.717, 1.165) is 12.8 Å². The predicted molar refractivity (Wildman–Crippen MR) is 88.0 cm³/mol. The van der Waals surface area contributed by atoms with Gasteiger partial charge in [-0.1, -0.05) is 17.7 Å². The summed E-state index contributed by atoms with van der Waals surface area (Å²) >= 11 is 6.03.